The quantitative estimate of drug-likeness (QED) is 0.423. The van der Waals surface area contributed by atoms with Gasteiger partial charge >= 0.3 is 0 Å². The van der Waals surface area contributed by atoms with Gasteiger partial charge in [0.15, 0.2) is 5.65 Å². The van der Waals surface area contributed by atoms with E-state index in [1.54, 1.807) is 28.9 Å². The number of carbonyl (C=O) groups is 1. The summed E-state index contributed by atoms with van der Waals surface area (Å²) in [6.07, 6.45) is 0.987. The summed E-state index contributed by atoms with van der Waals surface area (Å²) < 4.78 is 35.7. The van der Waals surface area contributed by atoms with Crippen molar-refractivity contribution in [3.8, 4) is 17.0 Å². The van der Waals surface area contributed by atoms with Gasteiger partial charge in [0.05, 0.1) is 24.7 Å². The van der Waals surface area contributed by atoms with E-state index in [-0.39, 0.29) is 22.6 Å². The van der Waals surface area contributed by atoms with Crippen molar-refractivity contribution in [2.75, 3.05) is 13.7 Å². The van der Waals surface area contributed by atoms with Crippen LogP contribution in [0.15, 0.2) is 48.8 Å². The number of aromatic nitrogens is 5. The lowest BCUT2D eigenvalue weighted by Crippen LogP contribution is -2.25. The van der Waals surface area contributed by atoms with Crippen LogP contribution in [0, 0.1) is 6.92 Å². The first-order valence-electron chi connectivity index (χ1n) is 10.1. The minimum atomic E-state index is -2.80. The highest BCUT2D eigenvalue weighted by Crippen LogP contribution is 2.32. The molecule has 8 nitrogen and oxygen atoms in total. The van der Waals surface area contributed by atoms with Crippen LogP contribution in [0.4, 0.5) is 8.78 Å². The molecule has 0 bridgehead atoms. The molecule has 3 aromatic heterocycles. The highest BCUT2D eigenvalue weighted by atomic mass is 19.3. The van der Waals surface area contributed by atoms with Crippen molar-refractivity contribution in [3.05, 3.63) is 65.7 Å². The van der Waals surface area contributed by atoms with Crippen LogP contribution in [0.1, 0.15) is 34.6 Å². The average molecular weight is 440 g/mol. The molecule has 0 aliphatic carbocycles. The number of nitrogens with zero attached hydrogens (tertiary/aromatic N) is 5. The van der Waals surface area contributed by atoms with E-state index in [1.807, 2.05) is 19.2 Å². The standard InChI is InChI=1S/C22H22F2N6O2/c1-14-8-11-29(28-14)10-5-9-25-22(31)16-13-26-30-18(20(23)24)12-17(27-21(16)30)15-6-3-4-7-19(15)32-2/h3-4,6-8,11-13,20H,5,9-10H2,1-2H3,(H,25,31). The van der Waals surface area contributed by atoms with Gasteiger partial charge < -0.3 is 10.1 Å². The second-order valence-electron chi connectivity index (χ2n) is 7.19. The molecule has 0 radical (unpaired) electrons. The minimum Gasteiger partial charge on any atom is -0.496 e. The Bertz CT molecular complexity index is 1250. The van der Waals surface area contributed by atoms with E-state index in [2.05, 4.69) is 20.5 Å². The summed E-state index contributed by atoms with van der Waals surface area (Å²) in [4.78, 5) is 17.2. The summed E-state index contributed by atoms with van der Waals surface area (Å²) in [5, 5.41) is 11.1. The van der Waals surface area contributed by atoms with Gasteiger partial charge in [0.25, 0.3) is 12.3 Å². The van der Waals surface area contributed by atoms with Gasteiger partial charge in [-0.3, -0.25) is 9.48 Å². The fourth-order valence-electron chi connectivity index (χ4n) is 3.42. The zero-order chi connectivity index (χ0) is 22.7. The number of hydrogen-bond acceptors (Lipinski definition) is 5. The Labute approximate surface area is 182 Å². The molecule has 0 fully saturated rings. The molecule has 0 atom stereocenters. The number of ether oxygens (including phenoxy) is 1. The summed E-state index contributed by atoms with van der Waals surface area (Å²) in [7, 11) is 1.49. The van der Waals surface area contributed by atoms with Crippen molar-refractivity contribution >= 4 is 11.6 Å². The Hall–Kier alpha value is -3.82. The molecular formula is C22H22F2N6O2. The van der Waals surface area contributed by atoms with E-state index < -0.39 is 12.3 Å². The molecule has 0 unspecified atom stereocenters. The fourth-order valence-corrected chi connectivity index (χ4v) is 3.42. The van der Waals surface area contributed by atoms with Crippen LogP contribution in [0.5, 0.6) is 5.75 Å². The number of nitrogens with one attached hydrogen (secondary N) is 1. The fraction of sp³-hybridized carbons (Fsp3) is 0.273. The monoisotopic (exact) mass is 440 g/mol. The molecule has 1 amide bonds. The molecule has 10 heteroatoms. The van der Waals surface area contributed by atoms with Crippen molar-refractivity contribution in [2.24, 2.45) is 0 Å². The third-order valence-electron chi connectivity index (χ3n) is 4.97. The maximum Gasteiger partial charge on any atom is 0.280 e. The van der Waals surface area contributed by atoms with Crippen molar-refractivity contribution < 1.29 is 18.3 Å². The number of methoxy groups -OCH3 is 1. The molecule has 0 saturated heterocycles. The predicted octanol–water partition coefficient (Wildman–Crippen LogP) is 3.67. The number of alkyl halides is 2. The Morgan fingerprint density at radius 3 is 2.78 bits per heavy atom. The molecule has 3 heterocycles. The molecule has 166 valence electrons. The second kappa shape index (κ2) is 9.13. The molecular weight excluding hydrogens is 418 g/mol. The second-order valence-corrected chi connectivity index (χ2v) is 7.19. The largest absolute Gasteiger partial charge is 0.496 e. The number of benzene rings is 1. The summed E-state index contributed by atoms with van der Waals surface area (Å²) in [5.41, 5.74) is 1.56. The van der Waals surface area contributed by atoms with Crippen LogP contribution < -0.4 is 10.1 Å². The van der Waals surface area contributed by atoms with E-state index in [1.165, 1.54) is 19.4 Å². The summed E-state index contributed by atoms with van der Waals surface area (Å²) in [5.74, 6) is 0.0606. The SMILES string of the molecule is COc1ccccc1-c1cc(C(F)F)n2ncc(C(=O)NCCCn3ccc(C)n3)c2n1. The number of halogens is 2. The molecule has 32 heavy (non-hydrogen) atoms. The molecule has 0 saturated carbocycles. The molecule has 0 aliphatic rings. The van der Waals surface area contributed by atoms with Gasteiger partial charge in [0.2, 0.25) is 0 Å². The van der Waals surface area contributed by atoms with Gasteiger partial charge in [-0.2, -0.15) is 10.2 Å². The van der Waals surface area contributed by atoms with Crippen LogP contribution in [-0.2, 0) is 6.54 Å². The van der Waals surface area contributed by atoms with E-state index in [9.17, 15) is 13.6 Å². The zero-order valence-electron chi connectivity index (χ0n) is 17.6. The van der Waals surface area contributed by atoms with Gasteiger partial charge in [-0.25, -0.2) is 18.3 Å². The van der Waals surface area contributed by atoms with Crippen LogP contribution >= 0.6 is 0 Å². The van der Waals surface area contributed by atoms with Crippen LogP contribution in [-0.4, -0.2) is 43.9 Å². The molecule has 0 spiro atoms. The van der Waals surface area contributed by atoms with Crippen LogP contribution in [0.3, 0.4) is 0 Å². The van der Waals surface area contributed by atoms with Gasteiger partial charge in [-0.1, -0.05) is 12.1 Å². The third kappa shape index (κ3) is 4.29. The maximum atomic E-state index is 13.8. The number of amides is 1. The van der Waals surface area contributed by atoms with Gasteiger partial charge in [0, 0.05) is 24.8 Å². The van der Waals surface area contributed by atoms with Crippen molar-refractivity contribution in [2.45, 2.75) is 26.3 Å². The van der Waals surface area contributed by atoms with E-state index >= 15 is 0 Å². The smallest absolute Gasteiger partial charge is 0.280 e. The van der Waals surface area contributed by atoms with Crippen molar-refractivity contribution in [1.29, 1.82) is 0 Å². The average Bonchev–Trinajstić information content (AvgIpc) is 3.41. The summed E-state index contributed by atoms with van der Waals surface area (Å²) in [6, 6.07) is 10.1. The Morgan fingerprint density at radius 2 is 2.06 bits per heavy atom. The number of aryl methyl sites for hydroxylation is 2. The normalized spacial score (nSPS) is 11.3. The van der Waals surface area contributed by atoms with Crippen molar-refractivity contribution in [3.63, 3.8) is 0 Å². The Morgan fingerprint density at radius 1 is 1.25 bits per heavy atom. The lowest BCUT2D eigenvalue weighted by molar-refractivity contribution is 0.0953. The van der Waals surface area contributed by atoms with Gasteiger partial charge in [0.1, 0.15) is 17.0 Å². The number of carbonyl (C=O) groups excluding carboxylic acids is 1. The Kier molecular flexibility index (Phi) is 6.11. The first-order valence-corrected chi connectivity index (χ1v) is 10.1. The highest BCUT2D eigenvalue weighted by Gasteiger charge is 2.22. The number of rotatable bonds is 8. The molecule has 0 aliphatic heterocycles. The summed E-state index contributed by atoms with van der Waals surface area (Å²) in [6.45, 7) is 2.95. The minimum absolute atomic E-state index is 0.0592. The highest BCUT2D eigenvalue weighted by molar-refractivity contribution is 5.99. The van der Waals surface area contributed by atoms with Crippen LogP contribution in [0.2, 0.25) is 0 Å². The number of fused-ring (bicyclic) bond motifs is 1. The van der Waals surface area contributed by atoms with Gasteiger partial charge in [-0.15, -0.1) is 0 Å². The predicted molar refractivity (Wildman–Crippen MR) is 114 cm³/mol. The number of para-hydroxylation sites is 1. The molecule has 4 rings (SSSR count). The third-order valence-corrected chi connectivity index (χ3v) is 4.97. The Balaban J connectivity index is 1.60. The lowest BCUT2D eigenvalue weighted by Gasteiger charge is -2.11. The van der Waals surface area contributed by atoms with E-state index in [0.29, 0.717) is 30.8 Å². The summed E-state index contributed by atoms with van der Waals surface area (Å²) >= 11 is 0. The first-order chi connectivity index (χ1) is 15.5. The van der Waals surface area contributed by atoms with Crippen LogP contribution in [0.25, 0.3) is 16.9 Å². The van der Waals surface area contributed by atoms with E-state index in [4.69, 9.17) is 4.74 Å². The molecule has 1 N–H and O–H groups in total. The zero-order valence-corrected chi connectivity index (χ0v) is 17.6. The number of hydrogen-bond donors (Lipinski definition) is 1. The van der Waals surface area contributed by atoms with Crippen molar-refractivity contribution in [1.82, 2.24) is 29.7 Å². The van der Waals surface area contributed by atoms with Gasteiger partial charge in [-0.05, 0) is 37.6 Å². The lowest BCUT2D eigenvalue weighted by atomic mass is 10.1. The first kappa shape index (κ1) is 21.4. The van der Waals surface area contributed by atoms with E-state index in [0.717, 1.165) is 10.2 Å². The maximum absolute atomic E-state index is 13.8. The molecule has 4 aromatic rings. The molecule has 1 aromatic carbocycles. The topological polar surface area (TPSA) is 86.3 Å².